The molecule has 0 aliphatic heterocycles. The Kier molecular flexibility index (Phi) is 7.23. The van der Waals surface area contributed by atoms with Gasteiger partial charge in [-0.1, -0.05) is 12.1 Å². The van der Waals surface area contributed by atoms with Crippen molar-refractivity contribution < 1.29 is 28.5 Å². The van der Waals surface area contributed by atoms with E-state index in [9.17, 15) is 14.3 Å². The van der Waals surface area contributed by atoms with E-state index in [1.807, 2.05) is 24.3 Å². The van der Waals surface area contributed by atoms with E-state index in [1.54, 1.807) is 26.4 Å². The Morgan fingerprint density at radius 1 is 1.09 bits per heavy atom. The van der Waals surface area contributed by atoms with Crippen LogP contribution in [0.25, 0.3) is 0 Å². The third-order valence-corrected chi connectivity index (χ3v) is 7.33. The third kappa shape index (κ3) is 5.49. The maximum absolute atomic E-state index is 14.6. The Balaban J connectivity index is 1.37. The van der Waals surface area contributed by atoms with Gasteiger partial charge in [-0.15, -0.1) is 0 Å². The average molecular weight is 457 g/mol. The first-order valence-corrected chi connectivity index (χ1v) is 11.8. The molecule has 1 atom stereocenters. The summed E-state index contributed by atoms with van der Waals surface area (Å²) < 4.78 is 31.9. The van der Waals surface area contributed by atoms with Gasteiger partial charge in [0.15, 0.2) is 0 Å². The molecule has 33 heavy (non-hydrogen) atoms. The van der Waals surface area contributed by atoms with Crippen molar-refractivity contribution in [2.24, 2.45) is 11.8 Å². The standard InChI is InChI=1S/C27H33FO5/c1-31-21-8-9-25(28)24(15-21)27(32-2)12-10-18(11-13-27)17-33-22-5-3-4-20(14-22)23(16-26(29)30)19-6-7-19/h3-5,8-9,14-15,18-19,23H,6-7,10-13,16-17H2,1-2H3,(H,29,30)/t18-,23-,27+/m0/s1. The van der Waals surface area contributed by atoms with Crippen molar-refractivity contribution in [3.05, 3.63) is 59.4 Å². The van der Waals surface area contributed by atoms with Crippen LogP contribution in [0, 0.1) is 17.7 Å². The summed E-state index contributed by atoms with van der Waals surface area (Å²) in [5, 5.41) is 9.28. The van der Waals surface area contributed by atoms with Crippen molar-refractivity contribution in [2.75, 3.05) is 20.8 Å². The van der Waals surface area contributed by atoms with Gasteiger partial charge in [-0.3, -0.25) is 4.79 Å². The number of ether oxygens (including phenoxy) is 3. The molecular formula is C27H33FO5. The van der Waals surface area contributed by atoms with Crippen molar-refractivity contribution in [1.82, 2.24) is 0 Å². The van der Waals surface area contributed by atoms with Gasteiger partial charge in [0.1, 0.15) is 17.3 Å². The van der Waals surface area contributed by atoms with Crippen LogP contribution in [0.15, 0.2) is 42.5 Å². The van der Waals surface area contributed by atoms with E-state index < -0.39 is 11.6 Å². The molecule has 0 saturated heterocycles. The second-order valence-electron chi connectivity index (χ2n) is 9.41. The molecule has 2 fully saturated rings. The zero-order valence-corrected chi connectivity index (χ0v) is 19.4. The Bertz CT molecular complexity index is 963. The largest absolute Gasteiger partial charge is 0.497 e. The Morgan fingerprint density at radius 2 is 1.85 bits per heavy atom. The second kappa shape index (κ2) is 10.1. The number of halogens is 1. The van der Waals surface area contributed by atoms with Crippen LogP contribution in [0.3, 0.4) is 0 Å². The topological polar surface area (TPSA) is 65.0 Å². The summed E-state index contributed by atoms with van der Waals surface area (Å²) in [6, 6.07) is 12.7. The Labute approximate surface area is 194 Å². The van der Waals surface area contributed by atoms with Crippen LogP contribution in [0.4, 0.5) is 4.39 Å². The average Bonchev–Trinajstić information content (AvgIpc) is 3.67. The molecule has 5 nitrogen and oxygen atoms in total. The SMILES string of the molecule is COc1ccc(F)c([C@]2(OC)CC[C@@H](COc3cccc([C@@H](CC(=O)O)C4CC4)c3)CC2)c1. The van der Waals surface area contributed by atoms with E-state index >= 15 is 0 Å². The monoisotopic (exact) mass is 456 g/mol. The van der Waals surface area contributed by atoms with Crippen LogP contribution < -0.4 is 9.47 Å². The van der Waals surface area contributed by atoms with E-state index in [4.69, 9.17) is 14.2 Å². The molecule has 0 aromatic heterocycles. The van der Waals surface area contributed by atoms with E-state index in [-0.39, 0.29) is 18.2 Å². The minimum Gasteiger partial charge on any atom is -0.497 e. The highest BCUT2D eigenvalue weighted by atomic mass is 19.1. The number of methoxy groups -OCH3 is 2. The number of carboxylic acid groups (broad SMARTS) is 1. The highest BCUT2D eigenvalue weighted by molar-refractivity contribution is 5.68. The first-order valence-electron chi connectivity index (χ1n) is 11.8. The molecule has 2 aromatic carbocycles. The van der Waals surface area contributed by atoms with Crippen molar-refractivity contribution in [2.45, 2.75) is 56.5 Å². The molecule has 2 aromatic rings. The zero-order chi connectivity index (χ0) is 23.4. The number of benzene rings is 2. The van der Waals surface area contributed by atoms with Gasteiger partial charge in [0.2, 0.25) is 0 Å². The van der Waals surface area contributed by atoms with E-state index in [1.165, 1.54) is 6.07 Å². The van der Waals surface area contributed by atoms with Gasteiger partial charge in [-0.2, -0.15) is 0 Å². The molecule has 0 heterocycles. The first kappa shape index (κ1) is 23.6. The van der Waals surface area contributed by atoms with Crippen molar-refractivity contribution in [3.8, 4) is 11.5 Å². The molecule has 2 aliphatic rings. The molecule has 0 amide bonds. The summed E-state index contributed by atoms with van der Waals surface area (Å²) in [5.41, 5.74) is 0.956. The maximum atomic E-state index is 14.6. The molecule has 4 rings (SSSR count). The van der Waals surface area contributed by atoms with E-state index in [0.717, 1.165) is 37.0 Å². The second-order valence-corrected chi connectivity index (χ2v) is 9.41. The molecule has 1 N–H and O–H groups in total. The van der Waals surface area contributed by atoms with Gasteiger partial charge in [-0.05, 0) is 92.2 Å². The minimum absolute atomic E-state index is 0.0563. The quantitative estimate of drug-likeness (QED) is 0.481. The predicted octanol–water partition coefficient (Wildman–Crippen LogP) is 5.91. The van der Waals surface area contributed by atoms with Gasteiger partial charge in [0, 0.05) is 12.7 Å². The van der Waals surface area contributed by atoms with Crippen LogP contribution >= 0.6 is 0 Å². The number of rotatable bonds is 10. The maximum Gasteiger partial charge on any atom is 0.303 e. The summed E-state index contributed by atoms with van der Waals surface area (Å²) in [4.78, 5) is 11.3. The summed E-state index contributed by atoms with van der Waals surface area (Å²) >= 11 is 0. The number of aliphatic carboxylic acids is 1. The van der Waals surface area contributed by atoms with Crippen LogP contribution in [-0.2, 0) is 15.1 Å². The molecule has 0 spiro atoms. The fourth-order valence-electron chi connectivity index (χ4n) is 5.17. The summed E-state index contributed by atoms with van der Waals surface area (Å²) in [6.45, 7) is 0.580. The molecule has 2 saturated carbocycles. The number of carboxylic acids is 1. The summed E-state index contributed by atoms with van der Waals surface area (Å²) in [5.74, 6) is 1.26. The number of hydrogen-bond donors (Lipinski definition) is 1. The molecule has 0 bridgehead atoms. The third-order valence-electron chi connectivity index (χ3n) is 7.33. The van der Waals surface area contributed by atoms with Crippen LogP contribution in [0.5, 0.6) is 11.5 Å². The van der Waals surface area contributed by atoms with Gasteiger partial charge in [0.05, 0.1) is 25.7 Å². The molecule has 0 unspecified atom stereocenters. The Morgan fingerprint density at radius 3 is 2.48 bits per heavy atom. The van der Waals surface area contributed by atoms with Crippen LogP contribution in [0.2, 0.25) is 0 Å². The number of hydrogen-bond acceptors (Lipinski definition) is 4. The van der Waals surface area contributed by atoms with E-state index in [0.29, 0.717) is 42.6 Å². The Hall–Kier alpha value is -2.60. The number of carbonyl (C=O) groups is 1. The highest BCUT2D eigenvalue weighted by Gasteiger charge is 2.39. The fraction of sp³-hybridized carbons (Fsp3) is 0.519. The normalized spacial score (nSPS) is 23.7. The van der Waals surface area contributed by atoms with Crippen LogP contribution in [0.1, 0.15) is 62.0 Å². The summed E-state index contributed by atoms with van der Waals surface area (Å²) in [7, 11) is 3.23. The molecule has 2 aliphatic carbocycles. The predicted molar refractivity (Wildman–Crippen MR) is 123 cm³/mol. The molecule has 178 valence electrons. The zero-order valence-electron chi connectivity index (χ0n) is 19.4. The molecule has 6 heteroatoms. The molecule has 0 radical (unpaired) electrons. The van der Waals surface area contributed by atoms with Gasteiger partial charge < -0.3 is 19.3 Å². The summed E-state index contributed by atoms with van der Waals surface area (Å²) in [6.07, 6.45) is 5.52. The lowest BCUT2D eigenvalue weighted by Crippen LogP contribution is -2.36. The highest BCUT2D eigenvalue weighted by Crippen LogP contribution is 2.46. The van der Waals surface area contributed by atoms with Gasteiger partial charge in [-0.25, -0.2) is 4.39 Å². The van der Waals surface area contributed by atoms with Crippen LogP contribution in [-0.4, -0.2) is 31.9 Å². The van der Waals surface area contributed by atoms with E-state index in [2.05, 4.69) is 0 Å². The van der Waals surface area contributed by atoms with Crippen molar-refractivity contribution in [1.29, 1.82) is 0 Å². The lowest BCUT2D eigenvalue weighted by atomic mass is 9.75. The van der Waals surface area contributed by atoms with Crippen molar-refractivity contribution >= 4 is 5.97 Å². The smallest absolute Gasteiger partial charge is 0.303 e. The van der Waals surface area contributed by atoms with Crippen molar-refractivity contribution in [3.63, 3.8) is 0 Å². The lowest BCUT2D eigenvalue weighted by Gasteiger charge is -2.39. The van der Waals surface area contributed by atoms with Gasteiger partial charge >= 0.3 is 5.97 Å². The minimum atomic E-state index is -0.755. The van der Waals surface area contributed by atoms with Gasteiger partial charge in [0.25, 0.3) is 0 Å². The molecular weight excluding hydrogens is 423 g/mol. The first-order chi connectivity index (χ1) is 15.9. The lowest BCUT2D eigenvalue weighted by molar-refractivity contribution is -0.137. The fourth-order valence-corrected chi connectivity index (χ4v) is 5.17.